The van der Waals surface area contributed by atoms with E-state index in [2.05, 4.69) is 10.6 Å². The number of carboxylic acids is 1. The van der Waals surface area contributed by atoms with Crippen molar-refractivity contribution in [2.45, 2.75) is 18.9 Å². The second-order valence-corrected chi connectivity index (χ2v) is 5.33. The minimum Gasteiger partial charge on any atom is -0.478 e. The van der Waals surface area contributed by atoms with E-state index in [4.69, 9.17) is 5.11 Å². The van der Waals surface area contributed by atoms with Crippen LogP contribution in [0.15, 0.2) is 17.5 Å². The van der Waals surface area contributed by atoms with Gasteiger partial charge in [-0.1, -0.05) is 0 Å². The Kier molecular flexibility index (Phi) is 4.49. The van der Waals surface area contributed by atoms with Gasteiger partial charge in [-0.25, -0.2) is 4.79 Å². The molecule has 1 fully saturated rings. The summed E-state index contributed by atoms with van der Waals surface area (Å²) in [4.78, 5) is 45.5. The molecule has 3 amide bonds. The molecule has 2 rings (SSSR count). The number of carbonyl (C=O) groups is 4. The number of hydrogen-bond donors (Lipinski definition) is 3. The minimum atomic E-state index is -1.07. The van der Waals surface area contributed by atoms with Crippen LogP contribution in [0.5, 0.6) is 0 Å². The number of hydrogen-bond acceptors (Lipinski definition) is 5. The summed E-state index contributed by atoms with van der Waals surface area (Å²) < 4.78 is 0. The van der Waals surface area contributed by atoms with Crippen LogP contribution < -0.4 is 10.6 Å². The molecule has 1 aliphatic heterocycles. The van der Waals surface area contributed by atoms with E-state index in [0.717, 1.165) is 6.08 Å². The Morgan fingerprint density at radius 2 is 2.19 bits per heavy atom. The van der Waals surface area contributed by atoms with E-state index in [0.29, 0.717) is 10.4 Å². The van der Waals surface area contributed by atoms with E-state index >= 15 is 0 Å². The predicted octanol–water partition coefficient (Wildman–Crippen LogP) is 0.381. The number of nitrogens with one attached hydrogen (secondary N) is 2. The van der Waals surface area contributed by atoms with Crippen LogP contribution in [0.1, 0.15) is 28.1 Å². The van der Waals surface area contributed by atoms with Crippen molar-refractivity contribution in [3.63, 3.8) is 0 Å². The van der Waals surface area contributed by atoms with Gasteiger partial charge in [-0.05, 0) is 18.6 Å². The van der Waals surface area contributed by atoms with Gasteiger partial charge in [0.2, 0.25) is 11.8 Å². The fourth-order valence-corrected chi connectivity index (χ4v) is 2.57. The van der Waals surface area contributed by atoms with Crippen LogP contribution in [0.4, 0.5) is 0 Å². The average Bonchev–Trinajstić information content (AvgIpc) is 2.88. The molecule has 110 valence electrons. The molecule has 1 atom stereocenters. The van der Waals surface area contributed by atoms with E-state index < -0.39 is 23.8 Å². The number of carboxylic acid groups (broad SMARTS) is 1. The fraction of sp³-hybridized carbons (Fsp3) is 0.231. The van der Waals surface area contributed by atoms with Crippen molar-refractivity contribution >= 4 is 41.1 Å². The lowest BCUT2D eigenvalue weighted by Crippen LogP contribution is -2.52. The summed E-state index contributed by atoms with van der Waals surface area (Å²) in [6, 6.07) is 0.804. The summed E-state index contributed by atoms with van der Waals surface area (Å²) >= 11 is 1.22. The molecule has 0 bridgehead atoms. The standard InChI is InChI=1S/C13H12N2O5S/c16-10-3-2-9(13(20)15-10)14-12(19)7-5-8(21-6-7)1-4-11(17)18/h1,4-6,9H,2-3H2,(H,14,19)(H,17,18)(H,15,16,20). The molecule has 1 aromatic rings. The first kappa shape index (κ1) is 14.9. The first-order valence-corrected chi connectivity index (χ1v) is 6.98. The molecule has 0 spiro atoms. The van der Waals surface area contributed by atoms with Gasteiger partial charge < -0.3 is 10.4 Å². The first-order chi connectivity index (χ1) is 9.95. The number of rotatable bonds is 4. The second kappa shape index (κ2) is 6.31. The molecule has 0 aromatic carbocycles. The maximum absolute atomic E-state index is 12.0. The van der Waals surface area contributed by atoms with Crippen LogP contribution in [0.2, 0.25) is 0 Å². The summed E-state index contributed by atoms with van der Waals surface area (Å²) in [5, 5.41) is 14.8. The van der Waals surface area contributed by atoms with Gasteiger partial charge in [-0.15, -0.1) is 11.3 Å². The maximum atomic E-state index is 12.0. The largest absolute Gasteiger partial charge is 0.478 e. The molecule has 21 heavy (non-hydrogen) atoms. The monoisotopic (exact) mass is 308 g/mol. The molecular weight excluding hydrogens is 296 g/mol. The Hall–Kier alpha value is -2.48. The molecule has 8 heteroatoms. The highest BCUT2D eigenvalue weighted by Crippen LogP contribution is 2.17. The molecule has 0 aliphatic carbocycles. The van der Waals surface area contributed by atoms with Crippen molar-refractivity contribution in [2.24, 2.45) is 0 Å². The molecule has 2 heterocycles. The van der Waals surface area contributed by atoms with Crippen molar-refractivity contribution in [1.82, 2.24) is 10.6 Å². The molecule has 3 N–H and O–H groups in total. The number of amides is 3. The number of piperidine rings is 1. The Morgan fingerprint density at radius 3 is 2.86 bits per heavy atom. The van der Waals surface area contributed by atoms with Gasteiger partial charge in [0, 0.05) is 22.8 Å². The molecule has 7 nitrogen and oxygen atoms in total. The number of imide groups is 1. The summed E-state index contributed by atoms with van der Waals surface area (Å²) in [6.45, 7) is 0. The highest BCUT2D eigenvalue weighted by atomic mass is 32.1. The molecule has 1 aliphatic rings. The van der Waals surface area contributed by atoms with Gasteiger partial charge >= 0.3 is 5.97 Å². The van der Waals surface area contributed by atoms with Crippen LogP contribution >= 0.6 is 11.3 Å². The Morgan fingerprint density at radius 1 is 1.43 bits per heavy atom. The van der Waals surface area contributed by atoms with Gasteiger partial charge in [0.05, 0.1) is 5.56 Å². The second-order valence-electron chi connectivity index (χ2n) is 4.39. The van der Waals surface area contributed by atoms with E-state index in [1.54, 1.807) is 5.38 Å². The molecule has 1 unspecified atom stereocenters. The third kappa shape index (κ3) is 3.99. The van der Waals surface area contributed by atoms with E-state index in [9.17, 15) is 19.2 Å². The van der Waals surface area contributed by atoms with E-state index in [-0.39, 0.29) is 18.7 Å². The lowest BCUT2D eigenvalue weighted by atomic mass is 10.1. The maximum Gasteiger partial charge on any atom is 0.328 e. The summed E-state index contributed by atoms with van der Waals surface area (Å²) in [6.07, 6.45) is 2.82. The Balaban J connectivity index is 1.99. The molecular formula is C13H12N2O5S. The minimum absolute atomic E-state index is 0.187. The predicted molar refractivity (Wildman–Crippen MR) is 74.6 cm³/mol. The number of thiophene rings is 1. The zero-order chi connectivity index (χ0) is 15.4. The Bertz CT molecular complexity index is 634. The number of aliphatic carboxylic acids is 1. The van der Waals surface area contributed by atoms with Gasteiger partial charge in [0.1, 0.15) is 6.04 Å². The first-order valence-electron chi connectivity index (χ1n) is 6.10. The molecule has 0 radical (unpaired) electrons. The third-order valence-electron chi connectivity index (χ3n) is 2.82. The zero-order valence-electron chi connectivity index (χ0n) is 10.8. The summed E-state index contributed by atoms with van der Waals surface area (Å²) in [5.74, 6) is -2.36. The highest BCUT2D eigenvalue weighted by Gasteiger charge is 2.28. The quantitative estimate of drug-likeness (QED) is 0.550. The van der Waals surface area contributed by atoms with Crippen LogP contribution in [0, 0.1) is 0 Å². The van der Waals surface area contributed by atoms with Gasteiger partial charge in [0.25, 0.3) is 5.91 Å². The van der Waals surface area contributed by atoms with Crippen molar-refractivity contribution < 1.29 is 24.3 Å². The molecule has 1 saturated heterocycles. The molecule has 1 aromatic heterocycles. The summed E-state index contributed by atoms with van der Waals surface area (Å²) in [7, 11) is 0. The fourth-order valence-electron chi connectivity index (χ4n) is 1.79. The third-order valence-corrected chi connectivity index (χ3v) is 3.71. The smallest absolute Gasteiger partial charge is 0.328 e. The lowest BCUT2D eigenvalue weighted by Gasteiger charge is -2.21. The Labute approximate surface area is 123 Å². The van der Waals surface area contributed by atoms with Crippen LogP contribution in [-0.4, -0.2) is 34.8 Å². The van der Waals surface area contributed by atoms with Crippen molar-refractivity contribution in [3.8, 4) is 0 Å². The van der Waals surface area contributed by atoms with Crippen molar-refractivity contribution in [3.05, 3.63) is 28.0 Å². The van der Waals surface area contributed by atoms with Crippen molar-refractivity contribution in [2.75, 3.05) is 0 Å². The lowest BCUT2D eigenvalue weighted by molar-refractivity contribution is -0.135. The SMILES string of the molecule is O=C(O)C=Cc1cc(C(=O)NC2CCC(=O)NC2=O)cs1. The van der Waals surface area contributed by atoms with Crippen molar-refractivity contribution in [1.29, 1.82) is 0 Å². The average molecular weight is 308 g/mol. The zero-order valence-corrected chi connectivity index (χ0v) is 11.6. The molecule has 0 saturated carbocycles. The van der Waals surface area contributed by atoms with E-state index in [1.165, 1.54) is 23.5 Å². The highest BCUT2D eigenvalue weighted by molar-refractivity contribution is 7.11. The van der Waals surface area contributed by atoms with Crippen LogP contribution in [-0.2, 0) is 14.4 Å². The van der Waals surface area contributed by atoms with E-state index in [1.807, 2.05) is 0 Å². The van der Waals surface area contributed by atoms with Gasteiger partial charge in [-0.3, -0.25) is 19.7 Å². The number of carbonyl (C=O) groups excluding carboxylic acids is 3. The topological polar surface area (TPSA) is 113 Å². The normalized spacial score (nSPS) is 18.6. The van der Waals surface area contributed by atoms with Crippen LogP contribution in [0.25, 0.3) is 6.08 Å². The van der Waals surface area contributed by atoms with Crippen LogP contribution in [0.3, 0.4) is 0 Å². The van der Waals surface area contributed by atoms with Gasteiger partial charge in [0.15, 0.2) is 0 Å². The summed E-state index contributed by atoms with van der Waals surface area (Å²) in [5.41, 5.74) is 0.342. The van der Waals surface area contributed by atoms with Gasteiger partial charge in [-0.2, -0.15) is 0 Å².